The molecule has 0 spiro atoms. The van der Waals surface area contributed by atoms with E-state index < -0.39 is 24.7 Å². The first-order valence-corrected chi connectivity index (χ1v) is 9.98. The van der Waals surface area contributed by atoms with Crippen molar-refractivity contribution in [1.82, 2.24) is 0 Å². The van der Waals surface area contributed by atoms with Crippen LogP contribution in [-0.2, 0) is 9.53 Å². The van der Waals surface area contributed by atoms with Crippen LogP contribution in [0.3, 0.4) is 0 Å². The number of carbonyl (C=O) groups excluding carboxylic acids is 1. The number of hydrogen-bond donors (Lipinski definition) is 3. The Morgan fingerprint density at radius 3 is 2.04 bits per heavy atom. The van der Waals surface area contributed by atoms with Crippen LogP contribution >= 0.6 is 0 Å². The lowest BCUT2D eigenvalue weighted by Gasteiger charge is -2.15. The van der Waals surface area contributed by atoms with Crippen molar-refractivity contribution in [1.29, 1.82) is 0 Å². The van der Waals surface area contributed by atoms with Crippen molar-refractivity contribution in [2.24, 2.45) is 5.73 Å². The number of unbranched alkanes of at least 4 members (excludes halogenated alkanes) is 11. The van der Waals surface area contributed by atoms with Gasteiger partial charge < -0.3 is 20.7 Å². The van der Waals surface area contributed by atoms with Gasteiger partial charge in [0.05, 0.1) is 12.1 Å². The molecule has 0 aromatic rings. The highest BCUT2D eigenvalue weighted by Crippen LogP contribution is 2.12. The molecule has 5 heteroatoms. The zero-order valence-electron chi connectivity index (χ0n) is 16.0. The molecule has 0 aromatic carbocycles. The summed E-state index contributed by atoms with van der Waals surface area (Å²) in [6, 6.07) is -0.663. The average Bonchev–Trinajstić information content (AvgIpc) is 2.62. The van der Waals surface area contributed by atoms with Crippen molar-refractivity contribution in [3.63, 3.8) is 0 Å². The summed E-state index contributed by atoms with van der Waals surface area (Å²) in [6.07, 6.45) is 18.2. The van der Waals surface area contributed by atoms with Crippen LogP contribution in [-0.4, -0.2) is 41.5 Å². The van der Waals surface area contributed by atoms with Gasteiger partial charge >= 0.3 is 5.97 Å². The predicted octanol–water partition coefficient (Wildman–Crippen LogP) is 3.47. The Balaban J connectivity index is 3.43. The van der Waals surface area contributed by atoms with E-state index in [1.807, 2.05) is 6.08 Å². The minimum Gasteiger partial charge on any atom is -0.462 e. The lowest BCUT2D eigenvalue weighted by Crippen LogP contribution is -2.38. The summed E-state index contributed by atoms with van der Waals surface area (Å²) in [6.45, 7) is 1.49. The van der Waals surface area contributed by atoms with Crippen LogP contribution in [0, 0.1) is 0 Å². The Hall–Kier alpha value is -0.910. The number of hydrogen-bond acceptors (Lipinski definition) is 5. The van der Waals surface area contributed by atoms with Gasteiger partial charge in [0, 0.05) is 0 Å². The van der Waals surface area contributed by atoms with E-state index >= 15 is 0 Å². The second-order valence-electron chi connectivity index (χ2n) is 6.75. The summed E-state index contributed by atoms with van der Waals surface area (Å²) >= 11 is 0. The first-order chi connectivity index (χ1) is 12.1. The average molecular weight is 358 g/mol. The monoisotopic (exact) mass is 357 g/mol. The van der Waals surface area contributed by atoms with Crippen molar-refractivity contribution in [3.05, 3.63) is 12.2 Å². The Bertz CT molecular complexity index is 334. The van der Waals surface area contributed by atoms with Gasteiger partial charge in [-0.2, -0.15) is 0 Å². The van der Waals surface area contributed by atoms with Crippen molar-refractivity contribution in [2.45, 2.75) is 96.1 Å². The minimum atomic E-state index is -0.834. The van der Waals surface area contributed by atoms with Gasteiger partial charge in [0.1, 0.15) is 13.2 Å². The number of nitrogens with two attached hydrogens (primary N) is 1. The highest BCUT2D eigenvalue weighted by Gasteiger charge is 2.13. The van der Waals surface area contributed by atoms with Gasteiger partial charge in [-0.15, -0.1) is 0 Å². The van der Waals surface area contributed by atoms with E-state index in [-0.39, 0.29) is 6.61 Å². The largest absolute Gasteiger partial charge is 0.462 e. The molecule has 2 unspecified atom stereocenters. The van der Waals surface area contributed by atoms with Crippen LogP contribution in [0.1, 0.15) is 84.0 Å². The molecule has 25 heavy (non-hydrogen) atoms. The molecule has 0 saturated carbocycles. The lowest BCUT2D eigenvalue weighted by molar-refractivity contribution is -0.147. The summed E-state index contributed by atoms with van der Waals surface area (Å²) in [7, 11) is 0. The number of rotatable bonds is 17. The molecular weight excluding hydrogens is 318 g/mol. The van der Waals surface area contributed by atoms with E-state index in [2.05, 4.69) is 11.7 Å². The summed E-state index contributed by atoms with van der Waals surface area (Å²) in [5.74, 6) is -0.729. The normalized spacial score (nSPS) is 13.9. The summed E-state index contributed by atoms with van der Waals surface area (Å²) < 4.78 is 4.69. The number of allylic oxidation sites excluding steroid dienone is 1. The van der Waals surface area contributed by atoms with Crippen molar-refractivity contribution in [2.75, 3.05) is 13.2 Å². The van der Waals surface area contributed by atoms with E-state index in [4.69, 9.17) is 10.8 Å². The van der Waals surface area contributed by atoms with Gasteiger partial charge in [0.15, 0.2) is 0 Å². The van der Waals surface area contributed by atoms with Crippen molar-refractivity contribution >= 4 is 5.97 Å². The van der Waals surface area contributed by atoms with E-state index in [1.165, 1.54) is 64.2 Å². The second-order valence-corrected chi connectivity index (χ2v) is 6.75. The fourth-order valence-corrected chi connectivity index (χ4v) is 2.64. The molecule has 0 rings (SSSR count). The fraction of sp³-hybridized carbons (Fsp3) is 0.850. The van der Waals surface area contributed by atoms with E-state index in [0.717, 1.165) is 12.8 Å². The van der Waals surface area contributed by atoms with Gasteiger partial charge in [-0.25, -0.2) is 4.79 Å². The highest BCUT2D eigenvalue weighted by atomic mass is 16.5. The topological polar surface area (TPSA) is 92.8 Å². The summed E-state index contributed by atoms with van der Waals surface area (Å²) in [4.78, 5) is 10.8. The molecule has 2 atom stereocenters. The zero-order chi connectivity index (χ0) is 18.8. The molecule has 0 saturated heterocycles. The standard InChI is InChI=1S/C20H39NO4/c1-2-3-4-5-6-7-8-9-10-11-12-13-14-15-19(23)18(21)17-25-20(24)16-22/h14-15,18-19,22-23H,2-13,16-17,21H2,1H3. The maximum atomic E-state index is 10.8. The smallest absolute Gasteiger partial charge is 0.331 e. The second kappa shape index (κ2) is 17.9. The van der Waals surface area contributed by atoms with Gasteiger partial charge in [-0.1, -0.05) is 83.3 Å². The number of aliphatic hydroxyl groups is 2. The first kappa shape index (κ1) is 24.1. The van der Waals surface area contributed by atoms with Crippen LogP contribution in [0.5, 0.6) is 0 Å². The zero-order valence-corrected chi connectivity index (χ0v) is 16.0. The third-order valence-electron chi connectivity index (χ3n) is 4.31. The van der Waals surface area contributed by atoms with Crippen LogP contribution in [0.15, 0.2) is 12.2 Å². The molecular formula is C20H39NO4. The number of aliphatic hydroxyl groups excluding tert-OH is 2. The number of ether oxygens (including phenoxy) is 1. The molecule has 4 N–H and O–H groups in total. The minimum absolute atomic E-state index is 0.0939. The Morgan fingerprint density at radius 1 is 1.00 bits per heavy atom. The Labute approximate surface area is 153 Å². The molecule has 0 fully saturated rings. The SMILES string of the molecule is CCCCCCCCCCCCCC=CC(O)C(N)COC(=O)CO. The Kier molecular flexibility index (Phi) is 17.2. The molecule has 0 aliphatic carbocycles. The van der Waals surface area contributed by atoms with Crippen LogP contribution < -0.4 is 5.73 Å². The third kappa shape index (κ3) is 16.3. The van der Waals surface area contributed by atoms with Gasteiger partial charge in [0.25, 0.3) is 0 Å². The van der Waals surface area contributed by atoms with Gasteiger partial charge in [-0.3, -0.25) is 0 Å². The van der Waals surface area contributed by atoms with E-state index in [9.17, 15) is 9.90 Å². The lowest BCUT2D eigenvalue weighted by atomic mass is 10.0. The summed E-state index contributed by atoms with van der Waals surface area (Å²) in [5.41, 5.74) is 5.71. The van der Waals surface area contributed by atoms with Crippen molar-refractivity contribution in [3.8, 4) is 0 Å². The van der Waals surface area contributed by atoms with Crippen LogP contribution in [0.25, 0.3) is 0 Å². The number of esters is 1. The fourth-order valence-electron chi connectivity index (χ4n) is 2.64. The highest BCUT2D eigenvalue weighted by molar-refractivity contribution is 5.70. The van der Waals surface area contributed by atoms with Crippen LogP contribution in [0.4, 0.5) is 0 Å². The molecule has 0 heterocycles. The molecule has 0 aliphatic rings. The maximum Gasteiger partial charge on any atom is 0.331 e. The molecule has 0 amide bonds. The van der Waals surface area contributed by atoms with Gasteiger partial charge in [0.2, 0.25) is 0 Å². The quantitative estimate of drug-likeness (QED) is 0.211. The molecule has 0 bridgehead atoms. The molecule has 0 radical (unpaired) electrons. The molecule has 0 aromatic heterocycles. The molecule has 148 valence electrons. The molecule has 0 aliphatic heterocycles. The van der Waals surface area contributed by atoms with Crippen LogP contribution in [0.2, 0.25) is 0 Å². The summed E-state index contributed by atoms with van der Waals surface area (Å²) in [5, 5.41) is 18.3. The van der Waals surface area contributed by atoms with E-state index in [0.29, 0.717) is 0 Å². The number of carbonyl (C=O) groups is 1. The van der Waals surface area contributed by atoms with Gasteiger partial charge in [-0.05, 0) is 12.8 Å². The Morgan fingerprint density at radius 2 is 1.52 bits per heavy atom. The first-order valence-electron chi connectivity index (χ1n) is 9.98. The predicted molar refractivity (Wildman–Crippen MR) is 102 cm³/mol. The maximum absolute atomic E-state index is 10.8. The molecule has 5 nitrogen and oxygen atoms in total. The van der Waals surface area contributed by atoms with Crippen molar-refractivity contribution < 1.29 is 19.7 Å². The van der Waals surface area contributed by atoms with E-state index in [1.54, 1.807) is 6.08 Å². The third-order valence-corrected chi connectivity index (χ3v) is 4.31.